The summed E-state index contributed by atoms with van der Waals surface area (Å²) in [5, 5.41) is 9.78. The van der Waals surface area contributed by atoms with Crippen LogP contribution in [-0.4, -0.2) is 16.8 Å². The van der Waals surface area contributed by atoms with Crippen LogP contribution < -0.4 is 4.74 Å². The summed E-state index contributed by atoms with van der Waals surface area (Å²) >= 11 is 0. The summed E-state index contributed by atoms with van der Waals surface area (Å²) in [7, 11) is 0. The van der Waals surface area contributed by atoms with Gasteiger partial charge in [0.15, 0.2) is 0 Å². The maximum Gasteiger partial charge on any atom is 0.119 e. The topological polar surface area (TPSA) is 29.5 Å². The molecular formula is C13H16O2. The van der Waals surface area contributed by atoms with Gasteiger partial charge in [-0.15, -0.1) is 0 Å². The van der Waals surface area contributed by atoms with E-state index >= 15 is 0 Å². The summed E-state index contributed by atoms with van der Waals surface area (Å²) in [6.07, 6.45) is 5.55. The fraction of sp³-hybridized carbons (Fsp3) is 0.538. The lowest BCUT2D eigenvalue weighted by Gasteiger charge is -2.08. The van der Waals surface area contributed by atoms with Gasteiger partial charge in [0.2, 0.25) is 0 Å². The second-order valence-corrected chi connectivity index (χ2v) is 4.86. The fourth-order valence-electron chi connectivity index (χ4n) is 1.77. The van der Waals surface area contributed by atoms with Crippen LogP contribution in [0.5, 0.6) is 5.75 Å². The van der Waals surface area contributed by atoms with Crippen molar-refractivity contribution in [2.75, 3.05) is 0 Å². The van der Waals surface area contributed by atoms with E-state index in [0.29, 0.717) is 6.10 Å². The van der Waals surface area contributed by atoms with Gasteiger partial charge < -0.3 is 9.84 Å². The zero-order valence-electron chi connectivity index (χ0n) is 8.78. The van der Waals surface area contributed by atoms with Gasteiger partial charge in [0.05, 0.1) is 11.7 Å². The summed E-state index contributed by atoms with van der Waals surface area (Å²) in [6, 6.07) is 8.15. The molecule has 0 saturated heterocycles. The molecule has 2 heteroatoms. The van der Waals surface area contributed by atoms with Crippen molar-refractivity contribution in [3.05, 3.63) is 29.8 Å². The highest BCUT2D eigenvalue weighted by atomic mass is 16.5. The molecule has 80 valence electrons. The van der Waals surface area contributed by atoms with Crippen LogP contribution in [-0.2, 0) is 6.42 Å². The van der Waals surface area contributed by atoms with Gasteiger partial charge in [0.1, 0.15) is 5.75 Å². The van der Waals surface area contributed by atoms with Gasteiger partial charge in [-0.05, 0) is 43.4 Å². The van der Waals surface area contributed by atoms with E-state index < -0.39 is 5.60 Å². The fourth-order valence-corrected chi connectivity index (χ4v) is 1.77. The Hall–Kier alpha value is -1.02. The van der Waals surface area contributed by atoms with Crippen molar-refractivity contribution in [1.29, 1.82) is 0 Å². The van der Waals surface area contributed by atoms with Crippen LogP contribution in [0.25, 0.3) is 0 Å². The molecule has 2 aliphatic rings. The summed E-state index contributed by atoms with van der Waals surface area (Å²) in [5.41, 5.74) is 0.817. The molecule has 15 heavy (non-hydrogen) atoms. The lowest BCUT2D eigenvalue weighted by atomic mass is 10.1. The van der Waals surface area contributed by atoms with Crippen molar-refractivity contribution in [3.63, 3.8) is 0 Å². The first-order valence-corrected chi connectivity index (χ1v) is 5.72. The lowest BCUT2D eigenvalue weighted by Crippen LogP contribution is -2.10. The summed E-state index contributed by atoms with van der Waals surface area (Å²) in [5.74, 6) is 0.962. The van der Waals surface area contributed by atoms with E-state index in [1.54, 1.807) is 0 Å². The van der Waals surface area contributed by atoms with Crippen LogP contribution in [0.15, 0.2) is 24.3 Å². The minimum absolute atomic E-state index is 0.390. The van der Waals surface area contributed by atoms with E-state index in [4.69, 9.17) is 4.74 Å². The third-order valence-corrected chi connectivity index (χ3v) is 3.11. The highest BCUT2D eigenvalue weighted by Crippen LogP contribution is 2.38. The van der Waals surface area contributed by atoms with Gasteiger partial charge in [-0.1, -0.05) is 12.1 Å². The molecule has 0 radical (unpaired) electrons. The van der Waals surface area contributed by atoms with Crippen LogP contribution >= 0.6 is 0 Å². The molecule has 3 rings (SSSR count). The Bertz CT molecular complexity index is 347. The zero-order valence-corrected chi connectivity index (χ0v) is 8.78. The molecule has 2 saturated carbocycles. The largest absolute Gasteiger partial charge is 0.490 e. The molecule has 1 N–H and O–H groups in total. The second-order valence-electron chi connectivity index (χ2n) is 4.86. The molecule has 0 spiro atoms. The number of aliphatic hydroxyl groups is 1. The Morgan fingerprint density at radius 2 is 1.87 bits per heavy atom. The quantitative estimate of drug-likeness (QED) is 0.815. The van der Waals surface area contributed by atoms with Crippen molar-refractivity contribution in [3.8, 4) is 5.75 Å². The maximum atomic E-state index is 9.78. The van der Waals surface area contributed by atoms with Gasteiger partial charge in [-0.2, -0.15) is 0 Å². The smallest absolute Gasteiger partial charge is 0.119 e. The van der Waals surface area contributed by atoms with E-state index in [1.807, 2.05) is 12.1 Å². The van der Waals surface area contributed by atoms with Gasteiger partial charge in [-0.3, -0.25) is 0 Å². The number of hydrogen-bond acceptors (Lipinski definition) is 2. The third kappa shape index (κ3) is 2.32. The van der Waals surface area contributed by atoms with Gasteiger partial charge in [0, 0.05) is 6.42 Å². The third-order valence-electron chi connectivity index (χ3n) is 3.11. The second kappa shape index (κ2) is 3.24. The predicted octanol–water partition coefficient (Wildman–Crippen LogP) is 2.30. The summed E-state index contributed by atoms with van der Waals surface area (Å²) in [4.78, 5) is 0. The Kier molecular flexibility index (Phi) is 1.99. The molecule has 2 fully saturated rings. The van der Waals surface area contributed by atoms with Crippen LogP contribution in [0.1, 0.15) is 31.2 Å². The van der Waals surface area contributed by atoms with Crippen molar-refractivity contribution < 1.29 is 9.84 Å². The maximum absolute atomic E-state index is 9.78. The van der Waals surface area contributed by atoms with E-state index in [1.165, 1.54) is 18.4 Å². The first kappa shape index (κ1) is 9.22. The highest BCUT2D eigenvalue weighted by Gasteiger charge is 2.40. The van der Waals surface area contributed by atoms with E-state index in [0.717, 1.165) is 25.0 Å². The molecule has 0 atom stereocenters. The predicted molar refractivity (Wildman–Crippen MR) is 58.0 cm³/mol. The number of benzene rings is 1. The molecular weight excluding hydrogens is 188 g/mol. The average Bonchev–Trinajstić information content (AvgIpc) is 3.10. The number of rotatable bonds is 4. The average molecular weight is 204 g/mol. The van der Waals surface area contributed by atoms with E-state index in [-0.39, 0.29) is 0 Å². The van der Waals surface area contributed by atoms with E-state index in [9.17, 15) is 5.11 Å². The van der Waals surface area contributed by atoms with Crippen molar-refractivity contribution in [1.82, 2.24) is 0 Å². The molecule has 2 aliphatic carbocycles. The minimum Gasteiger partial charge on any atom is -0.490 e. The Labute approximate surface area is 89.9 Å². The molecule has 0 heterocycles. The normalized spacial score (nSPS) is 22.5. The molecule has 1 aromatic carbocycles. The first-order valence-electron chi connectivity index (χ1n) is 5.72. The van der Waals surface area contributed by atoms with Crippen molar-refractivity contribution in [2.24, 2.45) is 0 Å². The summed E-state index contributed by atoms with van der Waals surface area (Å²) in [6.45, 7) is 0. The Morgan fingerprint density at radius 3 is 2.40 bits per heavy atom. The number of hydrogen-bond donors (Lipinski definition) is 1. The standard InChI is InChI=1S/C13H16O2/c14-13(7-8-13)9-10-1-3-11(4-2-10)15-12-5-6-12/h1-4,12,14H,5-9H2. The Morgan fingerprint density at radius 1 is 1.20 bits per heavy atom. The molecule has 2 nitrogen and oxygen atoms in total. The Balaban J connectivity index is 1.64. The SMILES string of the molecule is OC1(Cc2ccc(OC3CC3)cc2)CC1. The molecule has 0 unspecified atom stereocenters. The molecule has 0 amide bonds. The molecule has 1 aromatic rings. The summed E-state index contributed by atoms with van der Waals surface area (Å²) < 4.78 is 5.66. The molecule has 0 aliphatic heterocycles. The van der Waals surface area contributed by atoms with Crippen molar-refractivity contribution >= 4 is 0 Å². The highest BCUT2D eigenvalue weighted by molar-refractivity contribution is 5.29. The van der Waals surface area contributed by atoms with E-state index in [2.05, 4.69) is 12.1 Å². The first-order chi connectivity index (χ1) is 7.23. The van der Waals surface area contributed by atoms with Crippen molar-refractivity contribution in [2.45, 2.75) is 43.8 Å². The monoisotopic (exact) mass is 204 g/mol. The molecule has 0 bridgehead atoms. The van der Waals surface area contributed by atoms with Gasteiger partial charge in [-0.25, -0.2) is 0 Å². The number of ether oxygens (including phenoxy) is 1. The minimum atomic E-state index is -0.390. The lowest BCUT2D eigenvalue weighted by molar-refractivity contribution is 0.151. The van der Waals surface area contributed by atoms with Gasteiger partial charge >= 0.3 is 0 Å². The van der Waals surface area contributed by atoms with Gasteiger partial charge in [0.25, 0.3) is 0 Å². The van der Waals surface area contributed by atoms with Crippen LogP contribution in [0.4, 0.5) is 0 Å². The zero-order chi connectivity index (χ0) is 10.3. The molecule has 0 aromatic heterocycles. The van der Waals surface area contributed by atoms with Crippen LogP contribution in [0, 0.1) is 0 Å². The van der Waals surface area contributed by atoms with Crippen LogP contribution in [0.2, 0.25) is 0 Å². The van der Waals surface area contributed by atoms with Crippen LogP contribution in [0.3, 0.4) is 0 Å².